The normalized spacial score (nSPS) is 20.9. The van der Waals surface area contributed by atoms with Crippen molar-refractivity contribution in [2.24, 2.45) is 0 Å². The maximum atomic E-state index is 12.8. The van der Waals surface area contributed by atoms with E-state index in [2.05, 4.69) is 14.8 Å². The Morgan fingerprint density at radius 1 is 1.24 bits per heavy atom. The van der Waals surface area contributed by atoms with Crippen molar-refractivity contribution >= 4 is 16.0 Å². The van der Waals surface area contributed by atoms with Crippen LogP contribution in [0.25, 0.3) is 5.82 Å². The summed E-state index contributed by atoms with van der Waals surface area (Å²) >= 11 is 0. The molecule has 3 aromatic rings. The molecule has 0 spiro atoms. The zero-order valence-corrected chi connectivity index (χ0v) is 16.2. The molecule has 0 unspecified atom stereocenters. The van der Waals surface area contributed by atoms with Gasteiger partial charge >= 0.3 is 5.97 Å². The summed E-state index contributed by atoms with van der Waals surface area (Å²) in [5.74, 6) is -0.703. The summed E-state index contributed by atoms with van der Waals surface area (Å²) in [6, 6.07) is 11.8. The van der Waals surface area contributed by atoms with E-state index in [1.807, 2.05) is 6.07 Å². The van der Waals surface area contributed by atoms with Gasteiger partial charge in [0.2, 0.25) is 10.0 Å². The van der Waals surface area contributed by atoms with Gasteiger partial charge in [-0.05, 0) is 24.1 Å². The highest BCUT2D eigenvalue weighted by atomic mass is 32.2. The lowest BCUT2D eigenvalue weighted by molar-refractivity contribution is -0.140. The lowest BCUT2D eigenvalue weighted by Crippen LogP contribution is -2.44. The van der Waals surface area contributed by atoms with Gasteiger partial charge < -0.3 is 9.84 Å². The lowest BCUT2D eigenvalue weighted by Gasteiger charge is -2.15. The Morgan fingerprint density at radius 3 is 2.59 bits per heavy atom. The molecule has 2 N–H and O–H groups in total. The van der Waals surface area contributed by atoms with Crippen molar-refractivity contribution in [3.05, 3.63) is 66.6 Å². The number of hydrogen-bond acceptors (Lipinski definition) is 6. The molecule has 1 aromatic carbocycles. The van der Waals surface area contributed by atoms with E-state index in [1.165, 1.54) is 36.3 Å². The zero-order chi connectivity index (χ0) is 20.6. The smallest absolute Gasteiger partial charge is 0.325 e. The van der Waals surface area contributed by atoms with Crippen LogP contribution >= 0.6 is 0 Å². The second-order valence-electron chi connectivity index (χ2n) is 6.73. The van der Waals surface area contributed by atoms with Gasteiger partial charge in [0.1, 0.15) is 10.4 Å². The van der Waals surface area contributed by atoms with Crippen LogP contribution in [0.5, 0.6) is 5.75 Å². The minimum Gasteiger partial charge on any atom is -0.493 e. The number of sulfonamides is 1. The van der Waals surface area contributed by atoms with Crippen molar-refractivity contribution in [2.45, 2.75) is 22.8 Å². The molecule has 1 fully saturated rings. The molecule has 4 rings (SSSR count). The first kappa shape index (κ1) is 19.1. The third kappa shape index (κ3) is 3.47. The second kappa shape index (κ2) is 6.98. The van der Waals surface area contributed by atoms with E-state index in [0.717, 1.165) is 5.56 Å². The first-order valence-corrected chi connectivity index (χ1v) is 10.2. The molecule has 2 atom stereocenters. The number of carbonyl (C=O) groups is 1. The van der Waals surface area contributed by atoms with Gasteiger partial charge in [0.25, 0.3) is 0 Å². The SMILES string of the molecule is COc1cnn(-c2ccc(S(=O)(=O)N[C@@]3(C(=O)O)C[C@@H]3c3ccccc3)cn2)c1. The molecule has 150 valence electrons. The Hall–Kier alpha value is -3.24. The Morgan fingerprint density at radius 2 is 2.00 bits per heavy atom. The van der Waals surface area contributed by atoms with Gasteiger partial charge in [-0.25, -0.2) is 18.1 Å². The monoisotopic (exact) mass is 414 g/mol. The standard InChI is InChI=1S/C19H18N4O5S/c1-28-14-10-21-23(12-14)17-8-7-15(11-20-17)29(26,27)22-19(18(24)25)9-16(19)13-5-3-2-4-6-13/h2-8,10-12,16,22H,9H2,1H3,(H,24,25)/t16-,19+/m1/s1. The fourth-order valence-corrected chi connectivity index (χ4v) is 4.60. The number of hydrogen-bond donors (Lipinski definition) is 2. The van der Waals surface area contributed by atoms with E-state index in [0.29, 0.717) is 11.6 Å². The van der Waals surface area contributed by atoms with E-state index in [-0.39, 0.29) is 11.3 Å². The third-order valence-corrected chi connectivity index (χ3v) is 6.42. The van der Waals surface area contributed by atoms with E-state index in [4.69, 9.17) is 4.74 Å². The summed E-state index contributed by atoms with van der Waals surface area (Å²) in [7, 11) is -2.58. The van der Waals surface area contributed by atoms with Crippen molar-refractivity contribution in [2.75, 3.05) is 7.11 Å². The molecule has 29 heavy (non-hydrogen) atoms. The molecular weight excluding hydrogens is 396 g/mol. The molecule has 0 saturated heterocycles. The number of methoxy groups -OCH3 is 1. The van der Waals surface area contributed by atoms with Crippen LogP contribution in [0, 0.1) is 0 Å². The summed E-state index contributed by atoms with van der Waals surface area (Å²) in [6.07, 6.45) is 4.45. The molecule has 9 nitrogen and oxygen atoms in total. The Labute approximate surface area is 167 Å². The molecule has 0 amide bonds. The molecule has 0 radical (unpaired) electrons. The van der Waals surface area contributed by atoms with Crippen LogP contribution in [0.15, 0.2) is 66.0 Å². The molecule has 1 aliphatic carbocycles. The topological polar surface area (TPSA) is 123 Å². The largest absolute Gasteiger partial charge is 0.493 e. The van der Waals surface area contributed by atoms with E-state index in [1.54, 1.807) is 30.5 Å². The molecule has 10 heteroatoms. The highest BCUT2D eigenvalue weighted by molar-refractivity contribution is 7.89. The summed E-state index contributed by atoms with van der Waals surface area (Å²) in [5.41, 5.74) is -0.785. The van der Waals surface area contributed by atoms with E-state index in [9.17, 15) is 18.3 Å². The van der Waals surface area contributed by atoms with Crippen molar-refractivity contribution in [3.8, 4) is 11.6 Å². The fourth-order valence-electron chi connectivity index (χ4n) is 3.25. The minimum absolute atomic E-state index is 0.125. The molecule has 2 heterocycles. The fraction of sp³-hybridized carbons (Fsp3) is 0.211. The summed E-state index contributed by atoms with van der Waals surface area (Å²) in [5, 5.41) is 13.8. The lowest BCUT2D eigenvalue weighted by atomic mass is 10.1. The first-order chi connectivity index (χ1) is 13.9. The number of pyridine rings is 1. The van der Waals surface area contributed by atoms with Crippen molar-refractivity contribution in [1.82, 2.24) is 19.5 Å². The van der Waals surface area contributed by atoms with Gasteiger partial charge in [0.05, 0.1) is 19.5 Å². The maximum absolute atomic E-state index is 12.8. The summed E-state index contributed by atoms with van der Waals surface area (Å²) in [4.78, 5) is 15.9. The summed E-state index contributed by atoms with van der Waals surface area (Å²) < 4.78 is 34.5. The van der Waals surface area contributed by atoms with Gasteiger partial charge in [-0.1, -0.05) is 30.3 Å². The number of carboxylic acids is 1. The Kier molecular flexibility index (Phi) is 4.59. The van der Waals surface area contributed by atoms with Crippen molar-refractivity contribution < 1.29 is 23.1 Å². The van der Waals surface area contributed by atoms with Gasteiger partial charge in [0.15, 0.2) is 11.6 Å². The van der Waals surface area contributed by atoms with E-state index < -0.39 is 27.4 Å². The molecule has 1 aliphatic rings. The summed E-state index contributed by atoms with van der Waals surface area (Å²) in [6.45, 7) is 0. The van der Waals surface area contributed by atoms with Gasteiger partial charge in [-0.15, -0.1) is 0 Å². The maximum Gasteiger partial charge on any atom is 0.325 e. The average Bonchev–Trinajstić information content (AvgIpc) is 3.24. The Bertz CT molecular complexity index is 1140. The predicted molar refractivity (Wildman–Crippen MR) is 102 cm³/mol. The average molecular weight is 414 g/mol. The number of nitrogens with zero attached hydrogens (tertiary/aromatic N) is 3. The molecule has 0 aliphatic heterocycles. The first-order valence-electron chi connectivity index (χ1n) is 8.73. The number of benzene rings is 1. The van der Waals surface area contributed by atoms with Crippen LogP contribution in [0.3, 0.4) is 0 Å². The Balaban J connectivity index is 1.57. The van der Waals surface area contributed by atoms with E-state index >= 15 is 0 Å². The van der Waals surface area contributed by atoms with Crippen LogP contribution in [0.4, 0.5) is 0 Å². The van der Waals surface area contributed by atoms with Crippen LogP contribution in [0.1, 0.15) is 17.9 Å². The number of nitrogens with one attached hydrogen (secondary N) is 1. The molecular formula is C19H18N4O5S. The van der Waals surface area contributed by atoms with Crippen molar-refractivity contribution in [1.29, 1.82) is 0 Å². The predicted octanol–water partition coefficient (Wildman–Crippen LogP) is 1.57. The molecule has 2 aromatic heterocycles. The van der Waals surface area contributed by atoms with Crippen molar-refractivity contribution in [3.63, 3.8) is 0 Å². The number of carboxylic acid groups (broad SMARTS) is 1. The van der Waals surface area contributed by atoms with Gasteiger partial charge in [-0.3, -0.25) is 4.79 Å². The van der Waals surface area contributed by atoms with Gasteiger partial charge in [0, 0.05) is 12.1 Å². The number of rotatable bonds is 7. The zero-order valence-electron chi connectivity index (χ0n) is 15.4. The quantitative estimate of drug-likeness (QED) is 0.601. The third-order valence-electron chi connectivity index (χ3n) is 4.92. The van der Waals surface area contributed by atoms with Crippen LogP contribution in [0.2, 0.25) is 0 Å². The highest BCUT2D eigenvalue weighted by Gasteiger charge is 2.63. The number of aromatic nitrogens is 3. The number of aliphatic carboxylic acids is 1. The minimum atomic E-state index is -4.09. The van der Waals surface area contributed by atoms with Crippen LogP contribution < -0.4 is 9.46 Å². The van der Waals surface area contributed by atoms with Gasteiger partial charge in [-0.2, -0.15) is 9.82 Å². The second-order valence-corrected chi connectivity index (χ2v) is 8.41. The van der Waals surface area contributed by atoms with Crippen LogP contribution in [-0.2, 0) is 14.8 Å². The van der Waals surface area contributed by atoms with Crippen LogP contribution in [-0.4, -0.2) is 46.9 Å². The highest BCUT2D eigenvalue weighted by Crippen LogP contribution is 2.52. The molecule has 1 saturated carbocycles. The number of ether oxygens (including phenoxy) is 1. The molecule has 0 bridgehead atoms.